The highest BCUT2D eigenvalue weighted by Gasteiger charge is 2.18. The van der Waals surface area contributed by atoms with E-state index in [-0.39, 0.29) is 0 Å². The summed E-state index contributed by atoms with van der Waals surface area (Å²) in [5, 5.41) is 11.6. The predicted octanol–water partition coefficient (Wildman–Crippen LogP) is 3.25. The largest absolute Gasteiger partial charge is 0.317 e. The van der Waals surface area contributed by atoms with Crippen LogP contribution < -0.4 is 5.32 Å². The van der Waals surface area contributed by atoms with Gasteiger partial charge in [-0.25, -0.2) is 4.98 Å². The monoisotopic (exact) mass is 296 g/mol. The van der Waals surface area contributed by atoms with Gasteiger partial charge in [-0.1, -0.05) is 23.2 Å². The van der Waals surface area contributed by atoms with Gasteiger partial charge >= 0.3 is 0 Å². The van der Waals surface area contributed by atoms with Gasteiger partial charge in [0.2, 0.25) is 0 Å². The highest BCUT2D eigenvalue weighted by molar-refractivity contribution is 6.32. The van der Waals surface area contributed by atoms with E-state index in [9.17, 15) is 0 Å². The van der Waals surface area contributed by atoms with E-state index in [0.29, 0.717) is 16.2 Å². The van der Waals surface area contributed by atoms with Crippen molar-refractivity contribution < 1.29 is 0 Å². The van der Waals surface area contributed by atoms with Crippen molar-refractivity contribution in [2.75, 3.05) is 13.1 Å². The van der Waals surface area contributed by atoms with Gasteiger partial charge in [0.05, 0.1) is 5.69 Å². The zero-order valence-corrected chi connectivity index (χ0v) is 11.8. The molecule has 0 atom stereocenters. The maximum atomic E-state index is 5.91. The van der Waals surface area contributed by atoms with Crippen LogP contribution in [-0.4, -0.2) is 28.3 Å². The van der Waals surface area contributed by atoms with E-state index in [4.69, 9.17) is 23.2 Å². The molecule has 0 radical (unpaired) electrons. The lowest BCUT2D eigenvalue weighted by atomic mass is 9.94. The molecule has 2 aromatic rings. The number of halogens is 2. The lowest BCUT2D eigenvalue weighted by Crippen LogP contribution is -2.26. The Labute approximate surface area is 121 Å². The SMILES string of the molecule is Clc1cc(-c2cc(C3CCNCC3)[nH]n2)cc(Cl)n1. The summed E-state index contributed by atoms with van der Waals surface area (Å²) in [5.41, 5.74) is 2.93. The second kappa shape index (κ2) is 5.49. The first-order chi connectivity index (χ1) is 9.22. The van der Waals surface area contributed by atoms with E-state index in [2.05, 4.69) is 26.6 Å². The standard InChI is InChI=1S/C13H14Cl2N4/c14-12-5-9(6-13(15)17-12)11-7-10(18-19-11)8-1-3-16-4-2-8/h5-8,16H,1-4H2,(H,18,19). The molecule has 2 aromatic heterocycles. The Morgan fingerprint density at radius 2 is 1.74 bits per heavy atom. The molecule has 0 bridgehead atoms. The van der Waals surface area contributed by atoms with E-state index in [1.54, 1.807) is 12.1 Å². The number of nitrogens with one attached hydrogen (secondary N) is 2. The summed E-state index contributed by atoms with van der Waals surface area (Å²) in [7, 11) is 0. The summed E-state index contributed by atoms with van der Waals surface area (Å²) in [6, 6.07) is 5.63. The molecule has 0 aromatic carbocycles. The zero-order chi connectivity index (χ0) is 13.2. The predicted molar refractivity (Wildman–Crippen MR) is 76.7 cm³/mol. The smallest absolute Gasteiger partial charge is 0.131 e. The highest BCUT2D eigenvalue weighted by Crippen LogP contribution is 2.28. The van der Waals surface area contributed by atoms with E-state index in [0.717, 1.165) is 37.2 Å². The van der Waals surface area contributed by atoms with Gasteiger partial charge in [0.25, 0.3) is 0 Å². The molecule has 6 heteroatoms. The molecule has 0 unspecified atom stereocenters. The number of nitrogens with zero attached hydrogens (tertiary/aromatic N) is 2. The van der Waals surface area contributed by atoms with Crippen molar-refractivity contribution in [2.45, 2.75) is 18.8 Å². The van der Waals surface area contributed by atoms with Gasteiger partial charge in [-0.2, -0.15) is 5.10 Å². The van der Waals surface area contributed by atoms with Gasteiger partial charge in [-0.05, 0) is 44.1 Å². The highest BCUT2D eigenvalue weighted by atomic mass is 35.5. The molecular weight excluding hydrogens is 283 g/mol. The Morgan fingerprint density at radius 3 is 2.42 bits per heavy atom. The molecule has 3 heterocycles. The van der Waals surface area contributed by atoms with E-state index < -0.39 is 0 Å². The van der Waals surface area contributed by atoms with Crippen molar-refractivity contribution in [3.63, 3.8) is 0 Å². The molecule has 0 amide bonds. The molecule has 1 saturated heterocycles. The number of H-pyrrole nitrogens is 1. The van der Waals surface area contributed by atoms with Crippen LogP contribution in [0, 0.1) is 0 Å². The molecule has 0 aliphatic carbocycles. The van der Waals surface area contributed by atoms with Gasteiger partial charge in [0.1, 0.15) is 10.3 Å². The fourth-order valence-corrected chi connectivity index (χ4v) is 2.90. The van der Waals surface area contributed by atoms with Crippen LogP contribution >= 0.6 is 23.2 Å². The number of rotatable bonds is 2. The molecule has 1 fully saturated rings. The third-order valence-electron chi connectivity index (χ3n) is 3.44. The van der Waals surface area contributed by atoms with Gasteiger partial charge < -0.3 is 5.32 Å². The first kappa shape index (κ1) is 12.9. The normalized spacial score (nSPS) is 16.7. The fraction of sp³-hybridized carbons (Fsp3) is 0.385. The number of aromatic amines is 1. The molecule has 100 valence electrons. The van der Waals surface area contributed by atoms with Crippen molar-refractivity contribution in [1.29, 1.82) is 0 Å². The van der Waals surface area contributed by atoms with Gasteiger partial charge in [0.15, 0.2) is 0 Å². The summed E-state index contributed by atoms with van der Waals surface area (Å²) in [4.78, 5) is 3.94. The van der Waals surface area contributed by atoms with E-state index in [1.807, 2.05) is 0 Å². The Bertz CT molecular complexity index is 556. The lowest BCUT2D eigenvalue weighted by molar-refractivity contribution is 0.453. The van der Waals surface area contributed by atoms with E-state index >= 15 is 0 Å². The Kier molecular flexibility index (Phi) is 3.73. The first-order valence-corrected chi connectivity index (χ1v) is 7.07. The zero-order valence-electron chi connectivity index (χ0n) is 10.3. The molecule has 0 spiro atoms. The van der Waals surface area contributed by atoms with Crippen LogP contribution in [0.5, 0.6) is 0 Å². The summed E-state index contributed by atoms with van der Waals surface area (Å²) in [6.45, 7) is 2.12. The van der Waals surface area contributed by atoms with Gasteiger partial charge in [0, 0.05) is 17.2 Å². The molecular formula is C13H14Cl2N4. The van der Waals surface area contributed by atoms with Crippen LogP contribution in [0.4, 0.5) is 0 Å². The number of aromatic nitrogens is 3. The molecule has 1 aliphatic rings. The minimum absolute atomic E-state index is 0.383. The van der Waals surface area contributed by atoms with Crippen molar-refractivity contribution >= 4 is 23.2 Å². The molecule has 19 heavy (non-hydrogen) atoms. The maximum Gasteiger partial charge on any atom is 0.131 e. The van der Waals surface area contributed by atoms with Crippen molar-refractivity contribution in [2.24, 2.45) is 0 Å². The Morgan fingerprint density at radius 1 is 1.05 bits per heavy atom. The van der Waals surface area contributed by atoms with Crippen LogP contribution in [0.1, 0.15) is 24.5 Å². The first-order valence-electron chi connectivity index (χ1n) is 6.32. The number of piperidine rings is 1. The summed E-state index contributed by atoms with van der Waals surface area (Å²) in [5.74, 6) is 0.551. The second-order valence-electron chi connectivity index (χ2n) is 4.73. The Hall–Kier alpha value is -1.10. The number of pyridine rings is 1. The average Bonchev–Trinajstić information content (AvgIpc) is 2.88. The molecule has 1 aliphatic heterocycles. The third-order valence-corrected chi connectivity index (χ3v) is 3.82. The van der Waals surface area contributed by atoms with Crippen LogP contribution in [0.3, 0.4) is 0 Å². The van der Waals surface area contributed by atoms with Crippen LogP contribution in [0.2, 0.25) is 10.3 Å². The second-order valence-corrected chi connectivity index (χ2v) is 5.51. The minimum Gasteiger partial charge on any atom is -0.317 e. The van der Waals surface area contributed by atoms with Crippen molar-refractivity contribution in [3.8, 4) is 11.3 Å². The van der Waals surface area contributed by atoms with Crippen LogP contribution in [0.15, 0.2) is 18.2 Å². The molecule has 4 nitrogen and oxygen atoms in total. The summed E-state index contributed by atoms with van der Waals surface area (Å²) >= 11 is 11.8. The quantitative estimate of drug-likeness (QED) is 0.837. The molecule has 3 rings (SSSR count). The third kappa shape index (κ3) is 2.91. The van der Waals surface area contributed by atoms with Crippen LogP contribution in [-0.2, 0) is 0 Å². The molecule has 2 N–H and O–H groups in total. The fourth-order valence-electron chi connectivity index (χ4n) is 2.44. The Balaban J connectivity index is 1.87. The van der Waals surface area contributed by atoms with Crippen molar-refractivity contribution in [1.82, 2.24) is 20.5 Å². The van der Waals surface area contributed by atoms with Gasteiger partial charge in [-0.15, -0.1) is 0 Å². The maximum absolute atomic E-state index is 5.91. The topological polar surface area (TPSA) is 53.6 Å². The van der Waals surface area contributed by atoms with Crippen LogP contribution in [0.25, 0.3) is 11.3 Å². The van der Waals surface area contributed by atoms with E-state index in [1.165, 1.54) is 5.69 Å². The lowest BCUT2D eigenvalue weighted by Gasteiger charge is -2.20. The average molecular weight is 297 g/mol. The minimum atomic E-state index is 0.383. The molecule has 0 saturated carbocycles. The summed E-state index contributed by atoms with van der Waals surface area (Å²) in [6.07, 6.45) is 2.28. The summed E-state index contributed by atoms with van der Waals surface area (Å²) < 4.78 is 0. The number of hydrogen-bond donors (Lipinski definition) is 2. The number of hydrogen-bond acceptors (Lipinski definition) is 3. The van der Waals surface area contributed by atoms with Crippen molar-refractivity contribution in [3.05, 3.63) is 34.2 Å². The van der Waals surface area contributed by atoms with Gasteiger partial charge in [-0.3, -0.25) is 5.10 Å².